The lowest BCUT2D eigenvalue weighted by Gasteiger charge is -1.92. The second-order valence-electron chi connectivity index (χ2n) is 2.79. The van der Waals surface area contributed by atoms with Crippen molar-refractivity contribution in [3.63, 3.8) is 0 Å². The number of nitrogens with one attached hydrogen (secondary N) is 1. The molecule has 0 saturated carbocycles. The summed E-state index contributed by atoms with van der Waals surface area (Å²) >= 11 is 0. The summed E-state index contributed by atoms with van der Waals surface area (Å²) < 4.78 is 0. The van der Waals surface area contributed by atoms with Gasteiger partial charge in [-0.1, -0.05) is 0 Å². The minimum absolute atomic E-state index is 0.781. The molecule has 1 aromatic heterocycles. The molecule has 0 atom stereocenters. The molecule has 0 spiro atoms. The summed E-state index contributed by atoms with van der Waals surface area (Å²) in [5.74, 6) is 0. The Morgan fingerprint density at radius 1 is 1.55 bits per heavy atom. The van der Waals surface area contributed by atoms with Gasteiger partial charge in [-0.25, -0.2) is 0 Å². The van der Waals surface area contributed by atoms with Crippen molar-refractivity contribution in [2.45, 2.75) is 26.2 Å². The van der Waals surface area contributed by atoms with Gasteiger partial charge in [0.25, 0.3) is 0 Å². The number of aromatic amines is 1. The molecule has 1 heterocycles. The lowest BCUT2D eigenvalue weighted by Crippen LogP contribution is -1.98. The van der Waals surface area contributed by atoms with E-state index in [1.807, 2.05) is 6.92 Å². The van der Waals surface area contributed by atoms with E-state index in [1.54, 1.807) is 0 Å². The molecular formula is C8H15N3. The van der Waals surface area contributed by atoms with E-state index in [4.69, 9.17) is 5.73 Å². The van der Waals surface area contributed by atoms with Gasteiger partial charge >= 0.3 is 0 Å². The highest BCUT2D eigenvalue weighted by atomic mass is 15.1. The maximum absolute atomic E-state index is 5.37. The minimum atomic E-state index is 0.781. The number of hydrogen-bond acceptors (Lipinski definition) is 2. The first-order valence-corrected chi connectivity index (χ1v) is 4.04. The number of nitrogens with two attached hydrogens (primary N) is 1. The lowest BCUT2D eigenvalue weighted by molar-refractivity contribution is 0.730. The van der Waals surface area contributed by atoms with Crippen LogP contribution in [0.5, 0.6) is 0 Å². The zero-order chi connectivity index (χ0) is 8.10. The lowest BCUT2D eigenvalue weighted by atomic mass is 10.2. The van der Waals surface area contributed by atoms with E-state index in [0.29, 0.717) is 0 Å². The summed E-state index contributed by atoms with van der Waals surface area (Å²) in [6.45, 7) is 2.79. The maximum Gasteiger partial charge on any atom is 0.0624 e. The van der Waals surface area contributed by atoms with Gasteiger partial charge in [0.2, 0.25) is 0 Å². The van der Waals surface area contributed by atoms with Gasteiger partial charge in [0, 0.05) is 5.69 Å². The molecule has 11 heavy (non-hydrogen) atoms. The van der Waals surface area contributed by atoms with Crippen molar-refractivity contribution in [2.75, 3.05) is 6.54 Å². The predicted molar refractivity (Wildman–Crippen MR) is 45.3 cm³/mol. The Morgan fingerprint density at radius 2 is 2.36 bits per heavy atom. The molecule has 62 valence electrons. The third-order valence-corrected chi connectivity index (χ3v) is 1.65. The Kier molecular flexibility index (Phi) is 3.11. The van der Waals surface area contributed by atoms with Gasteiger partial charge in [-0.3, -0.25) is 5.10 Å². The number of aryl methyl sites for hydroxylation is 2. The molecule has 1 aromatic rings. The quantitative estimate of drug-likeness (QED) is 0.634. The van der Waals surface area contributed by atoms with Crippen molar-refractivity contribution in [2.24, 2.45) is 5.73 Å². The summed E-state index contributed by atoms with van der Waals surface area (Å²) in [5.41, 5.74) is 7.65. The third kappa shape index (κ3) is 2.72. The number of unbranched alkanes of at least 4 members (excludes halogenated alkanes) is 1. The molecule has 3 heteroatoms. The molecule has 0 amide bonds. The summed E-state index contributed by atoms with van der Waals surface area (Å²) in [5, 5.41) is 7.04. The van der Waals surface area contributed by atoms with Crippen LogP contribution in [0.4, 0.5) is 0 Å². The highest BCUT2D eigenvalue weighted by Crippen LogP contribution is 2.02. The molecule has 0 bridgehead atoms. The number of H-pyrrole nitrogens is 1. The van der Waals surface area contributed by atoms with Crippen LogP contribution in [0, 0.1) is 6.92 Å². The molecule has 0 aliphatic heterocycles. The number of hydrogen-bond donors (Lipinski definition) is 2. The van der Waals surface area contributed by atoms with Crippen LogP contribution in [0.25, 0.3) is 0 Å². The van der Waals surface area contributed by atoms with E-state index in [9.17, 15) is 0 Å². The summed E-state index contributed by atoms with van der Waals surface area (Å²) in [6.07, 6.45) is 3.27. The second-order valence-corrected chi connectivity index (χ2v) is 2.79. The fraction of sp³-hybridized carbons (Fsp3) is 0.625. The molecule has 0 radical (unpaired) electrons. The molecule has 1 rings (SSSR count). The van der Waals surface area contributed by atoms with Crippen LogP contribution >= 0.6 is 0 Å². The van der Waals surface area contributed by atoms with Crippen LogP contribution in [0.3, 0.4) is 0 Å². The van der Waals surface area contributed by atoms with Crippen molar-refractivity contribution in [1.29, 1.82) is 0 Å². The predicted octanol–water partition coefficient (Wildman–Crippen LogP) is 1.000. The van der Waals surface area contributed by atoms with Gasteiger partial charge in [0.15, 0.2) is 0 Å². The summed E-state index contributed by atoms with van der Waals surface area (Å²) in [4.78, 5) is 0. The average molecular weight is 153 g/mol. The average Bonchev–Trinajstić information content (AvgIpc) is 2.37. The Morgan fingerprint density at radius 3 is 2.91 bits per heavy atom. The van der Waals surface area contributed by atoms with Gasteiger partial charge in [-0.05, 0) is 38.8 Å². The highest BCUT2D eigenvalue weighted by Gasteiger charge is 1.95. The monoisotopic (exact) mass is 153 g/mol. The Bertz CT molecular complexity index is 205. The first kappa shape index (κ1) is 8.27. The molecule has 0 aromatic carbocycles. The topological polar surface area (TPSA) is 54.7 Å². The van der Waals surface area contributed by atoms with Gasteiger partial charge in [0.1, 0.15) is 0 Å². The normalized spacial score (nSPS) is 10.4. The number of nitrogens with zero attached hydrogens (tertiary/aromatic N) is 1. The van der Waals surface area contributed by atoms with Crippen LogP contribution in [-0.2, 0) is 6.42 Å². The molecule has 3 nitrogen and oxygen atoms in total. The molecule has 3 N–H and O–H groups in total. The zero-order valence-corrected chi connectivity index (χ0v) is 6.93. The molecule has 0 unspecified atom stereocenters. The second kappa shape index (κ2) is 4.13. The van der Waals surface area contributed by atoms with Crippen LogP contribution in [-0.4, -0.2) is 16.7 Å². The first-order valence-electron chi connectivity index (χ1n) is 4.04. The molecule has 0 saturated heterocycles. The highest BCUT2D eigenvalue weighted by molar-refractivity contribution is 5.06. The van der Waals surface area contributed by atoms with E-state index in [-0.39, 0.29) is 0 Å². The van der Waals surface area contributed by atoms with Crippen LogP contribution in [0.1, 0.15) is 24.2 Å². The Balaban J connectivity index is 2.27. The SMILES string of the molecule is Cc1cc(CCCCN)n[nH]1. The first-order chi connectivity index (χ1) is 5.33. The standard InChI is InChI=1S/C8H15N3/c1-7-6-8(11-10-7)4-2-3-5-9/h6H,2-5,9H2,1H3,(H,10,11). The maximum atomic E-state index is 5.37. The van der Waals surface area contributed by atoms with E-state index in [0.717, 1.165) is 37.2 Å². The van der Waals surface area contributed by atoms with Gasteiger partial charge in [-0.2, -0.15) is 5.10 Å². The minimum Gasteiger partial charge on any atom is -0.330 e. The van der Waals surface area contributed by atoms with Crippen molar-refractivity contribution in [3.8, 4) is 0 Å². The van der Waals surface area contributed by atoms with Crippen LogP contribution in [0.2, 0.25) is 0 Å². The fourth-order valence-electron chi connectivity index (χ4n) is 1.05. The van der Waals surface area contributed by atoms with Crippen molar-refractivity contribution >= 4 is 0 Å². The summed E-state index contributed by atoms with van der Waals surface area (Å²) in [7, 11) is 0. The smallest absolute Gasteiger partial charge is 0.0624 e. The molecular weight excluding hydrogens is 138 g/mol. The molecule has 0 aliphatic rings. The van der Waals surface area contributed by atoms with Gasteiger partial charge in [0.05, 0.1) is 5.69 Å². The van der Waals surface area contributed by atoms with Crippen molar-refractivity contribution in [3.05, 3.63) is 17.5 Å². The van der Waals surface area contributed by atoms with Crippen molar-refractivity contribution < 1.29 is 0 Å². The summed E-state index contributed by atoms with van der Waals surface area (Å²) in [6, 6.07) is 2.08. The third-order valence-electron chi connectivity index (χ3n) is 1.65. The fourth-order valence-corrected chi connectivity index (χ4v) is 1.05. The van der Waals surface area contributed by atoms with E-state index in [1.165, 1.54) is 0 Å². The largest absolute Gasteiger partial charge is 0.330 e. The van der Waals surface area contributed by atoms with Gasteiger partial charge < -0.3 is 5.73 Å². The van der Waals surface area contributed by atoms with E-state index < -0.39 is 0 Å². The van der Waals surface area contributed by atoms with E-state index >= 15 is 0 Å². The van der Waals surface area contributed by atoms with Crippen LogP contribution < -0.4 is 5.73 Å². The van der Waals surface area contributed by atoms with E-state index in [2.05, 4.69) is 16.3 Å². The van der Waals surface area contributed by atoms with Gasteiger partial charge in [-0.15, -0.1) is 0 Å². The van der Waals surface area contributed by atoms with Crippen molar-refractivity contribution in [1.82, 2.24) is 10.2 Å². The molecule has 0 aliphatic carbocycles. The number of rotatable bonds is 4. The Hall–Kier alpha value is -0.830. The molecule has 0 fully saturated rings. The number of aromatic nitrogens is 2. The zero-order valence-electron chi connectivity index (χ0n) is 6.93. The van der Waals surface area contributed by atoms with Crippen LogP contribution in [0.15, 0.2) is 6.07 Å². The Labute approximate surface area is 67.0 Å².